The van der Waals surface area contributed by atoms with Gasteiger partial charge in [0.2, 0.25) is 0 Å². The smallest absolute Gasteiger partial charge is 0.181 e. The second kappa shape index (κ2) is 6.85. The van der Waals surface area contributed by atoms with Crippen LogP contribution in [0, 0.1) is 5.41 Å². The summed E-state index contributed by atoms with van der Waals surface area (Å²) in [6, 6.07) is 20.9. The van der Waals surface area contributed by atoms with Gasteiger partial charge in [-0.1, -0.05) is 54.7 Å². The van der Waals surface area contributed by atoms with Gasteiger partial charge < -0.3 is 22.2 Å². The molecular formula is C24H23N5S. The highest BCUT2D eigenvalue weighted by Crippen LogP contribution is 2.50. The van der Waals surface area contributed by atoms with Crippen molar-refractivity contribution in [1.82, 2.24) is 4.98 Å². The van der Waals surface area contributed by atoms with Crippen LogP contribution in [-0.2, 0) is 5.41 Å². The summed E-state index contributed by atoms with van der Waals surface area (Å²) in [6.07, 6.45) is 2.22. The van der Waals surface area contributed by atoms with Crippen molar-refractivity contribution < 1.29 is 0 Å². The highest BCUT2D eigenvalue weighted by atomic mass is 32.1. The number of thiazole rings is 1. The molecule has 4 aromatic rings. The first-order chi connectivity index (χ1) is 14.5. The lowest BCUT2D eigenvalue weighted by molar-refractivity contribution is 0.459. The molecule has 30 heavy (non-hydrogen) atoms. The van der Waals surface area contributed by atoms with E-state index in [1.807, 2.05) is 24.3 Å². The Balaban J connectivity index is 1.69. The van der Waals surface area contributed by atoms with Crippen molar-refractivity contribution >= 4 is 44.3 Å². The molecule has 2 atom stereocenters. The maximum Gasteiger partial charge on any atom is 0.181 e. The van der Waals surface area contributed by atoms with Crippen molar-refractivity contribution in [3.05, 3.63) is 82.9 Å². The van der Waals surface area contributed by atoms with E-state index in [1.54, 1.807) is 0 Å². The van der Waals surface area contributed by atoms with Crippen LogP contribution in [0.25, 0.3) is 10.2 Å². The van der Waals surface area contributed by atoms with Crippen LogP contribution in [0.1, 0.15) is 41.6 Å². The first kappa shape index (κ1) is 18.6. The van der Waals surface area contributed by atoms with Gasteiger partial charge in [-0.05, 0) is 47.4 Å². The van der Waals surface area contributed by atoms with Crippen LogP contribution in [0.4, 0.5) is 16.5 Å². The number of nitrogens with two attached hydrogens (primary N) is 2. The van der Waals surface area contributed by atoms with Gasteiger partial charge >= 0.3 is 0 Å². The van der Waals surface area contributed by atoms with Gasteiger partial charge in [0, 0.05) is 28.6 Å². The molecule has 0 amide bonds. The fourth-order valence-electron chi connectivity index (χ4n) is 4.70. The minimum atomic E-state index is -0.295. The third kappa shape index (κ3) is 2.83. The fraction of sp³-hybridized carbons (Fsp3) is 0.167. The van der Waals surface area contributed by atoms with Gasteiger partial charge in [0.25, 0.3) is 0 Å². The predicted molar refractivity (Wildman–Crippen MR) is 127 cm³/mol. The highest BCUT2D eigenvalue weighted by molar-refractivity contribution is 7.22. The van der Waals surface area contributed by atoms with Gasteiger partial charge in [0.15, 0.2) is 5.13 Å². The van der Waals surface area contributed by atoms with Crippen molar-refractivity contribution in [2.45, 2.75) is 24.8 Å². The van der Waals surface area contributed by atoms with Gasteiger partial charge in [-0.2, -0.15) is 0 Å². The number of benzene rings is 3. The van der Waals surface area contributed by atoms with E-state index in [0.717, 1.165) is 33.5 Å². The van der Waals surface area contributed by atoms with E-state index in [9.17, 15) is 0 Å². The molecule has 1 unspecified atom stereocenters. The number of nitrogens with one attached hydrogen (secondary N) is 2. The zero-order chi connectivity index (χ0) is 20.9. The Morgan fingerprint density at radius 2 is 1.93 bits per heavy atom. The van der Waals surface area contributed by atoms with E-state index in [0.29, 0.717) is 10.8 Å². The number of nitrogens with zero attached hydrogens (tertiary/aromatic N) is 1. The Hall–Kier alpha value is -3.38. The first-order valence-corrected chi connectivity index (χ1v) is 10.7. The van der Waals surface area contributed by atoms with Crippen molar-refractivity contribution in [2.75, 3.05) is 16.8 Å². The van der Waals surface area contributed by atoms with E-state index in [2.05, 4.69) is 53.6 Å². The molecule has 3 aromatic carbocycles. The third-order valence-corrected chi connectivity index (χ3v) is 7.01. The minimum Gasteiger partial charge on any atom is -0.398 e. The lowest BCUT2D eigenvalue weighted by Gasteiger charge is -2.43. The number of anilines is 3. The molecular weight excluding hydrogens is 390 g/mol. The molecule has 1 aliphatic rings. The maximum absolute atomic E-state index is 8.02. The SMILES string of the molecule is CC1(c2ccccc2)C[C@H](c2ccc3nc(N)sc3c2)Nc2ccc(N)c(C=N)c21. The van der Waals surface area contributed by atoms with Gasteiger partial charge in [-0.25, -0.2) is 4.98 Å². The predicted octanol–water partition coefficient (Wildman–Crippen LogP) is 5.32. The Morgan fingerprint density at radius 1 is 1.13 bits per heavy atom. The Bertz CT molecular complexity index is 1260. The van der Waals surface area contributed by atoms with Crippen LogP contribution < -0.4 is 16.8 Å². The number of aromatic nitrogens is 1. The molecule has 5 rings (SSSR count). The number of fused-ring (bicyclic) bond motifs is 2. The molecule has 0 aliphatic carbocycles. The molecule has 0 fully saturated rings. The van der Waals surface area contributed by atoms with Crippen LogP contribution in [0.5, 0.6) is 0 Å². The van der Waals surface area contributed by atoms with Gasteiger partial charge in [-0.3, -0.25) is 0 Å². The van der Waals surface area contributed by atoms with Crippen molar-refractivity contribution in [3.8, 4) is 0 Å². The van der Waals surface area contributed by atoms with E-state index in [4.69, 9.17) is 16.9 Å². The molecule has 0 bridgehead atoms. The summed E-state index contributed by atoms with van der Waals surface area (Å²) in [5.74, 6) is 0. The molecule has 6 heteroatoms. The molecule has 5 nitrogen and oxygen atoms in total. The van der Waals surface area contributed by atoms with E-state index in [-0.39, 0.29) is 11.5 Å². The maximum atomic E-state index is 8.02. The van der Waals surface area contributed by atoms with Crippen molar-refractivity contribution in [2.24, 2.45) is 0 Å². The Labute approximate surface area is 179 Å². The Morgan fingerprint density at radius 3 is 2.70 bits per heavy atom. The number of rotatable bonds is 3. The number of hydrogen-bond acceptors (Lipinski definition) is 6. The summed E-state index contributed by atoms with van der Waals surface area (Å²) >= 11 is 1.51. The van der Waals surface area contributed by atoms with E-state index >= 15 is 0 Å². The fourth-order valence-corrected chi connectivity index (χ4v) is 5.48. The van der Waals surface area contributed by atoms with E-state index < -0.39 is 0 Å². The quantitative estimate of drug-likeness (QED) is 0.270. The molecule has 2 heterocycles. The van der Waals surface area contributed by atoms with Crippen LogP contribution in [-0.4, -0.2) is 11.2 Å². The number of nitrogen functional groups attached to an aromatic ring is 2. The summed E-state index contributed by atoms with van der Waals surface area (Å²) in [7, 11) is 0. The average Bonchev–Trinajstić information content (AvgIpc) is 3.13. The van der Waals surface area contributed by atoms with Gasteiger partial charge in [0.05, 0.1) is 16.3 Å². The molecule has 0 saturated carbocycles. The molecule has 1 aliphatic heterocycles. The summed E-state index contributed by atoms with van der Waals surface area (Å²) in [5, 5.41) is 12.3. The summed E-state index contributed by atoms with van der Waals surface area (Å²) in [4.78, 5) is 4.38. The normalized spacial score (nSPS) is 20.5. The lowest BCUT2D eigenvalue weighted by Crippen LogP contribution is -2.36. The minimum absolute atomic E-state index is 0.109. The lowest BCUT2D eigenvalue weighted by atomic mass is 9.67. The van der Waals surface area contributed by atoms with Crippen LogP contribution in [0.2, 0.25) is 0 Å². The molecule has 6 N–H and O–H groups in total. The van der Waals surface area contributed by atoms with Crippen molar-refractivity contribution in [3.63, 3.8) is 0 Å². The number of hydrogen-bond donors (Lipinski definition) is 4. The summed E-state index contributed by atoms with van der Waals surface area (Å²) in [5.41, 5.74) is 18.8. The molecule has 1 aromatic heterocycles. The van der Waals surface area contributed by atoms with Gasteiger partial charge in [0.1, 0.15) is 0 Å². The zero-order valence-electron chi connectivity index (χ0n) is 16.6. The second-order valence-corrected chi connectivity index (χ2v) is 9.08. The van der Waals surface area contributed by atoms with Crippen LogP contribution in [0.15, 0.2) is 60.7 Å². The standard InChI is InChI=1S/C24H23N5S/c1-24(15-5-3-2-4-6-15)12-20(14-7-9-18-21(11-14)30-23(27)29-18)28-19-10-8-17(26)16(13-25)22(19)24/h2-11,13,20,25,28H,12,26H2,1H3,(H2,27,29)/t20-,24?/m1/s1. The van der Waals surface area contributed by atoms with Crippen LogP contribution >= 0.6 is 11.3 Å². The summed E-state index contributed by atoms with van der Waals surface area (Å²) in [6.45, 7) is 2.25. The zero-order valence-corrected chi connectivity index (χ0v) is 17.5. The third-order valence-electron chi connectivity index (χ3n) is 6.16. The second-order valence-electron chi connectivity index (χ2n) is 8.01. The first-order valence-electron chi connectivity index (χ1n) is 9.91. The topological polar surface area (TPSA) is 101 Å². The molecule has 0 saturated heterocycles. The highest BCUT2D eigenvalue weighted by Gasteiger charge is 2.40. The Kier molecular flexibility index (Phi) is 4.25. The molecule has 0 radical (unpaired) electrons. The molecule has 150 valence electrons. The average molecular weight is 414 g/mol. The van der Waals surface area contributed by atoms with E-state index in [1.165, 1.54) is 28.7 Å². The van der Waals surface area contributed by atoms with Gasteiger partial charge in [-0.15, -0.1) is 0 Å². The molecule has 0 spiro atoms. The van der Waals surface area contributed by atoms with Crippen LogP contribution in [0.3, 0.4) is 0 Å². The largest absolute Gasteiger partial charge is 0.398 e. The monoisotopic (exact) mass is 413 g/mol. The van der Waals surface area contributed by atoms with Crippen molar-refractivity contribution in [1.29, 1.82) is 5.41 Å². The summed E-state index contributed by atoms with van der Waals surface area (Å²) < 4.78 is 1.09.